The van der Waals surface area contributed by atoms with Crippen LogP contribution in [0.25, 0.3) is 0 Å². The second-order valence-corrected chi connectivity index (χ2v) is 6.49. The van der Waals surface area contributed by atoms with Crippen molar-refractivity contribution in [2.45, 2.75) is 110 Å². The summed E-state index contributed by atoms with van der Waals surface area (Å²) < 4.78 is 5.05. The summed E-state index contributed by atoms with van der Waals surface area (Å²) in [5.41, 5.74) is 0. The molecular formula is C19H39NO2. The molecule has 0 rings (SSSR count). The van der Waals surface area contributed by atoms with Crippen LogP contribution in [0.15, 0.2) is 0 Å². The van der Waals surface area contributed by atoms with Crippen LogP contribution in [0.3, 0.4) is 0 Å². The number of carbonyl (C=O) groups is 1. The SMILES string of the molecule is CCCCCCCC(CCCCC)N(C(=O)OC)C(C)CC. The van der Waals surface area contributed by atoms with E-state index < -0.39 is 0 Å². The number of amides is 1. The zero-order valence-electron chi connectivity index (χ0n) is 15.7. The van der Waals surface area contributed by atoms with Gasteiger partial charge in [0.05, 0.1) is 7.11 Å². The van der Waals surface area contributed by atoms with Crippen molar-refractivity contribution in [1.82, 2.24) is 4.90 Å². The van der Waals surface area contributed by atoms with Gasteiger partial charge in [-0.25, -0.2) is 4.79 Å². The van der Waals surface area contributed by atoms with Crippen LogP contribution >= 0.6 is 0 Å². The monoisotopic (exact) mass is 313 g/mol. The largest absolute Gasteiger partial charge is 0.453 e. The van der Waals surface area contributed by atoms with Crippen molar-refractivity contribution in [3.63, 3.8) is 0 Å². The van der Waals surface area contributed by atoms with Crippen LogP contribution in [0.1, 0.15) is 98.3 Å². The van der Waals surface area contributed by atoms with Crippen molar-refractivity contribution in [3.8, 4) is 0 Å². The molecule has 0 spiro atoms. The van der Waals surface area contributed by atoms with Gasteiger partial charge in [-0.05, 0) is 26.2 Å². The first-order chi connectivity index (χ1) is 10.6. The highest BCUT2D eigenvalue weighted by atomic mass is 16.5. The van der Waals surface area contributed by atoms with Gasteiger partial charge < -0.3 is 9.64 Å². The first-order valence-electron chi connectivity index (χ1n) is 9.48. The standard InChI is InChI=1S/C19H39NO2/c1-6-9-11-12-14-16-18(15-13-10-7-2)20(17(4)8-3)19(21)22-5/h17-18H,6-16H2,1-5H3. The van der Waals surface area contributed by atoms with Gasteiger partial charge in [0.1, 0.15) is 0 Å². The third kappa shape index (κ3) is 8.65. The Kier molecular flexibility index (Phi) is 13.4. The molecule has 0 N–H and O–H groups in total. The van der Waals surface area contributed by atoms with Gasteiger partial charge in [-0.3, -0.25) is 0 Å². The van der Waals surface area contributed by atoms with Crippen LogP contribution in [0.2, 0.25) is 0 Å². The lowest BCUT2D eigenvalue weighted by atomic mass is 9.98. The van der Waals surface area contributed by atoms with Crippen LogP contribution in [-0.2, 0) is 4.74 Å². The highest BCUT2D eigenvalue weighted by Gasteiger charge is 2.27. The summed E-state index contributed by atoms with van der Waals surface area (Å²) in [6.07, 6.45) is 13.2. The van der Waals surface area contributed by atoms with Gasteiger partial charge in [0.15, 0.2) is 0 Å². The topological polar surface area (TPSA) is 29.5 Å². The highest BCUT2D eigenvalue weighted by Crippen LogP contribution is 2.22. The maximum absolute atomic E-state index is 12.2. The molecule has 0 bridgehead atoms. The van der Waals surface area contributed by atoms with Gasteiger partial charge in [0, 0.05) is 12.1 Å². The van der Waals surface area contributed by atoms with Crippen molar-refractivity contribution < 1.29 is 9.53 Å². The molecule has 0 fully saturated rings. The second kappa shape index (κ2) is 13.9. The van der Waals surface area contributed by atoms with E-state index in [0.29, 0.717) is 6.04 Å². The predicted octanol–water partition coefficient (Wildman–Crippen LogP) is 6.16. The summed E-state index contributed by atoms with van der Waals surface area (Å²) in [6.45, 7) is 8.76. The van der Waals surface area contributed by atoms with E-state index >= 15 is 0 Å². The molecule has 0 radical (unpaired) electrons. The Morgan fingerprint density at radius 1 is 0.909 bits per heavy atom. The van der Waals surface area contributed by atoms with Crippen molar-refractivity contribution >= 4 is 6.09 Å². The fourth-order valence-corrected chi connectivity index (χ4v) is 3.03. The normalized spacial score (nSPS) is 13.7. The molecule has 1 amide bonds. The molecule has 0 aromatic rings. The Morgan fingerprint density at radius 3 is 1.91 bits per heavy atom. The second-order valence-electron chi connectivity index (χ2n) is 6.49. The first kappa shape index (κ1) is 21.3. The fraction of sp³-hybridized carbons (Fsp3) is 0.947. The third-order valence-electron chi connectivity index (χ3n) is 4.63. The van der Waals surface area contributed by atoms with Gasteiger partial charge in [-0.1, -0.05) is 72.1 Å². The summed E-state index contributed by atoms with van der Waals surface area (Å²) in [6, 6.07) is 0.602. The van der Waals surface area contributed by atoms with Crippen molar-refractivity contribution in [2.24, 2.45) is 0 Å². The average Bonchev–Trinajstić information content (AvgIpc) is 2.53. The molecule has 0 aliphatic carbocycles. The zero-order valence-corrected chi connectivity index (χ0v) is 15.7. The maximum Gasteiger partial charge on any atom is 0.409 e. The van der Waals surface area contributed by atoms with Crippen molar-refractivity contribution in [3.05, 3.63) is 0 Å². The van der Waals surface area contributed by atoms with E-state index in [1.54, 1.807) is 0 Å². The number of rotatable bonds is 13. The van der Waals surface area contributed by atoms with E-state index in [0.717, 1.165) is 19.3 Å². The summed E-state index contributed by atoms with van der Waals surface area (Å²) in [4.78, 5) is 14.2. The minimum Gasteiger partial charge on any atom is -0.453 e. The quantitative estimate of drug-likeness (QED) is 0.381. The molecule has 0 heterocycles. The van der Waals surface area contributed by atoms with Crippen molar-refractivity contribution in [2.75, 3.05) is 7.11 Å². The van der Waals surface area contributed by atoms with E-state index in [9.17, 15) is 4.79 Å². The Balaban J connectivity index is 4.63. The predicted molar refractivity (Wildman–Crippen MR) is 95.3 cm³/mol. The van der Waals surface area contributed by atoms with E-state index in [1.165, 1.54) is 58.5 Å². The maximum atomic E-state index is 12.2. The minimum atomic E-state index is -0.149. The van der Waals surface area contributed by atoms with Crippen LogP contribution in [-0.4, -0.2) is 30.2 Å². The Labute approximate surface area is 138 Å². The molecule has 0 aliphatic rings. The molecule has 2 atom stereocenters. The third-order valence-corrected chi connectivity index (χ3v) is 4.63. The fourth-order valence-electron chi connectivity index (χ4n) is 3.03. The van der Waals surface area contributed by atoms with Gasteiger partial charge in [0.25, 0.3) is 0 Å². The van der Waals surface area contributed by atoms with Crippen LogP contribution in [0.5, 0.6) is 0 Å². The molecule has 3 nitrogen and oxygen atoms in total. The number of hydrogen-bond acceptors (Lipinski definition) is 2. The molecule has 3 heteroatoms. The summed E-state index contributed by atoms with van der Waals surface area (Å²) in [5, 5.41) is 0. The van der Waals surface area contributed by atoms with Crippen molar-refractivity contribution in [1.29, 1.82) is 0 Å². The molecule has 22 heavy (non-hydrogen) atoms. The summed E-state index contributed by atoms with van der Waals surface area (Å²) in [5.74, 6) is 0. The molecule has 0 saturated carbocycles. The Hall–Kier alpha value is -0.730. The molecule has 0 aliphatic heterocycles. The van der Waals surface area contributed by atoms with Gasteiger partial charge in [-0.2, -0.15) is 0 Å². The number of hydrogen-bond donors (Lipinski definition) is 0. The molecule has 2 unspecified atom stereocenters. The molecule has 0 aromatic carbocycles. The summed E-state index contributed by atoms with van der Waals surface area (Å²) >= 11 is 0. The van der Waals surface area contributed by atoms with Crippen LogP contribution < -0.4 is 0 Å². The van der Waals surface area contributed by atoms with Gasteiger partial charge in [-0.15, -0.1) is 0 Å². The molecular weight excluding hydrogens is 274 g/mol. The van der Waals surface area contributed by atoms with E-state index in [-0.39, 0.29) is 12.1 Å². The number of ether oxygens (including phenoxy) is 1. The lowest BCUT2D eigenvalue weighted by Crippen LogP contribution is -2.46. The number of carbonyl (C=O) groups excluding carboxylic acids is 1. The van der Waals surface area contributed by atoms with E-state index in [2.05, 4.69) is 27.7 Å². The molecule has 0 aromatic heterocycles. The van der Waals surface area contributed by atoms with Gasteiger partial charge in [0.2, 0.25) is 0 Å². The number of unbranched alkanes of at least 4 members (excludes halogenated alkanes) is 6. The van der Waals surface area contributed by atoms with Gasteiger partial charge >= 0.3 is 6.09 Å². The zero-order chi connectivity index (χ0) is 16.8. The molecule has 132 valence electrons. The smallest absolute Gasteiger partial charge is 0.409 e. The number of methoxy groups -OCH3 is 1. The lowest BCUT2D eigenvalue weighted by Gasteiger charge is -2.35. The number of nitrogens with zero attached hydrogens (tertiary/aromatic N) is 1. The summed E-state index contributed by atoms with van der Waals surface area (Å²) in [7, 11) is 1.50. The van der Waals surface area contributed by atoms with Crippen LogP contribution in [0, 0.1) is 0 Å². The van der Waals surface area contributed by atoms with E-state index in [1.807, 2.05) is 4.90 Å². The Morgan fingerprint density at radius 2 is 1.41 bits per heavy atom. The minimum absolute atomic E-state index is 0.149. The Bertz CT molecular complexity index is 268. The van der Waals surface area contributed by atoms with Crippen LogP contribution in [0.4, 0.5) is 4.79 Å². The average molecular weight is 314 g/mol. The lowest BCUT2D eigenvalue weighted by molar-refractivity contribution is 0.0771. The molecule has 0 saturated heterocycles. The highest BCUT2D eigenvalue weighted by molar-refractivity contribution is 5.68. The first-order valence-corrected chi connectivity index (χ1v) is 9.48. The van der Waals surface area contributed by atoms with E-state index in [4.69, 9.17) is 4.74 Å².